The standard InChI is InChI=1S/C12H19N3O/c1-2-14-12(13)15-9-8-11(16)10-6-4-3-5-7-10/h3-7,11,16H,2,8-9H2,1H3,(H3,13,14,15). The molecule has 0 radical (unpaired) electrons. The van der Waals surface area contributed by atoms with E-state index < -0.39 is 6.10 Å². The Bertz CT molecular complexity index is 324. The first kappa shape index (κ1) is 12.5. The number of hydrogen-bond acceptors (Lipinski definition) is 2. The molecule has 1 unspecified atom stereocenters. The summed E-state index contributed by atoms with van der Waals surface area (Å²) < 4.78 is 0. The van der Waals surface area contributed by atoms with E-state index in [1.54, 1.807) is 0 Å². The molecule has 4 nitrogen and oxygen atoms in total. The van der Waals surface area contributed by atoms with Gasteiger partial charge >= 0.3 is 0 Å². The molecule has 0 saturated heterocycles. The Hall–Kier alpha value is -1.55. The Balaban J connectivity index is 2.36. The molecule has 0 spiro atoms. The van der Waals surface area contributed by atoms with Crippen molar-refractivity contribution in [2.45, 2.75) is 19.4 Å². The topological polar surface area (TPSA) is 70.6 Å². The van der Waals surface area contributed by atoms with Crippen molar-refractivity contribution < 1.29 is 5.11 Å². The maximum atomic E-state index is 9.83. The maximum absolute atomic E-state index is 9.83. The number of aliphatic imine (C=N–C) groups is 1. The number of hydrogen-bond donors (Lipinski definition) is 3. The minimum Gasteiger partial charge on any atom is -0.388 e. The predicted molar refractivity (Wildman–Crippen MR) is 66.2 cm³/mol. The first-order valence-electron chi connectivity index (χ1n) is 5.50. The molecule has 16 heavy (non-hydrogen) atoms. The molecule has 4 N–H and O–H groups in total. The van der Waals surface area contributed by atoms with Gasteiger partial charge in [-0.05, 0) is 18.9 Å². The molecule has 0 saturated carbocycles. The van der Waals surface area contributed by atoms with Gasteiger partial charge in [-0.15, -0.1) is 0 Å². The molecule has 0 aliphatic heterocycles. The van der Waals surface area contributed by atoms with E-state index in [-0.39, 0.29) is 0 Å². The molecule has 0 aliphatic carbocycles. The third-order valence-electron chi connectivity index (χ3n) is 2.23. The average molecular weight is 221 g/mol. The Kier molecular flexibility index (Phi) is 5.36. The highest BCUT2D eigenvalue weighted by Crippen LogP contribution is 2.15. The second kappa shape index (κ2) is 6.85. The lowest BCUT2D eigenvalue weighted by Crippen LogP contribution is -2.31. The molecular weight excluding hydrogens is 202 g/mol. The number of aliphatic hydroxyl groups is 1. The Labute approximate surface area is 96.2 Å². The zero-order chi connectivity index (χ0) is 11.8. The Morgan fingerprint density at radius 2 is 2.12 bits per heavy atom. The molecule has 0 fully saturated rings. The van der Waals surface area contributed by atoms with Crippen LogP contribution in [0.4, 0.5) is 0 Å². The van der Waals surface area contributed by atoms with Gasteiger partial charge in [0.25, 0.3) is 0 Å². The van der Waals surface area contributed by atoms with E-state index >= 15 is 0 Å². The molecule has 1 aromatic carbocycles. The molecule has 0 bridgehead atoms. The van der Waals surface area contributed by atoms with Crippen LogP contribution in [0.5, 0.6) is 0 Å². The molecule has 1 atom stereocenters. The minimum atomic E-state index is -0.473. The van der Waals surface area contributed by atoms with Gasteiger partial charge in [0, 0.05) is 13.1 Å². The van der Waals surface area contributed by atoms with Crippen molar-refractivity contribution in [2.24, 2.45) is 10.7 Å². The second-order valence-electron chi connectivity index (χ2n) is 3.51. The van der Waals surface area contributed by atoms with E-state index in [1.165, 1.54) is 0 Å². The van der Waals surface area contributed by atoms with Crippen LogP contribution in [-0.2, 0) is 0 Å². The lowest BCUT2D eigenvalue weighted by atomic mass is 10.1. The summed E-state index contributed by atoms with van der Waals surface area (Å²) in [6.07, 6.45) is 0.107. The van der Waals surface area contributed by atoms with Crippen LogP contribution in [0.1, 0.15) is 25.0 Å². The average Bonchev–Trinajstić information content (AvgIpc) is 2.30. The maximum Gasteiger partial charge on any atom is 0.188 e. The van der Waals surface area contributed by atoms with E-state index in [0.29, 0.717) is 18.9 Å². The molecule has 4 heteroatoms. The van der Waals surface area contributed by atoms with Crippen molar-refractivity contribution in [1.29, 1.82) is 0 Å². The highest BCUT2D eigenvalue weighted by Gasteiger charge is 2.05. The smallest absolute Gasteiger partial charge is 0.188 e. The molecule has 0 aliphatic rings. The fraction of sp³-hybridized carbons (Fsp3) is 0.417. The Morgan fingerprint density at radius 3 is 2.75 bits per heavy atom. The fourth-order valence-corrected chi connectivity index (χ4v) is 1.39. The van der Waals surface area contributed by atoms with Crippen LogP contribution in [0.3, 0.4) is 0 Å². The molecule has 1 rings (SSSR count). The van der Waals surface area contributed by atoms with E-state index in [4.69, 9.17) is 5.73 Å². The van der Waals surface area contributed by atoms with Crippen molar-refractivity contribution in [1.82, 2.24) is 5.32 Å². The predicted octanol–water partition coefficient (Wildman–Crippen LogP) is 1.03. The van der Waals surface area contributed by atoms with Crippen molar-refractivity contribution >= 4 is 5.96 Å². The third kappa shape index (κ3) is 4.31. The normalized spacial score (nSPS) is 13.5. The lowest BCUT2D eigenvalue weighted by molar-refractivity contribution is 0.170. The van der Waals surface area contributed by atoms with E-state index in [2.05, 4.69) is 10.3 Å². The van der Waals surface area contributed by atoms with Gasteiger partial charge < -0.3 is 16.2 Å². The summed E-state index contributed by atoms with van der Waals surface area (Å²) in [4.78, 5) is 4.10. The number of aliphatic hydroxyl groups excluding tert-OH is 1. The first-order chi connectivity index (χ1) is 7.74. The molecule has 0 amide bonds. The summed E-state index contributed by atoms with van der Waals surface area (Å²) in [6, 6.07) is 9.56. The van der Waals surface area contributed by atoms with Crippen LogP contribution >= 0.6 is 0 Å². The zero-order valence-corrected chi connectivity index (χ0v) is 9.56. The summed E-state index contributed by atoms with van der Waals surface area (Å²) in [5.41, 5.74) is 6.48. The number of nitrogens with one attached hydrogen (secondary N) is 1. The summed E-state index contributed by atoms with van der Waals surface area (Å²) >= 11 is 0. The highest BCUT2D eigenvalue weighted by molar-refractivity contribution is 5.77. The van der Waals surface area contributed by atoms with Gasteiger partial charge in [-0.1, -0.05) is 30.3 Å². The van der Waals surface area contributed by atoms with Crippen LogP contribution in [0.2, 0.25) is 0 Å². The van der Waals surface area contributed by atoms with Gasteiger partial charge in [-0.25, -0.2) is 0 Å². The molecule has 0 aromatic heterocycles. The van der Waals surface area contributed by atoms with E-state index in [1.807, 2.05) is 37.3 Å². The van der Waals surface area contributed by atoms with Gasteiger partial charge in [0.2, 0.25) is 0 Å². The quantitative estimate of drug-likeness (QED) is 0.514. The fourth-order valence-electron chi connectivity index (χ4n) is 1.39. The van der Waals surface area contributed by atoms with Crippen LogP contribution in [0, 0.1) is 0 Å². The van der Waals surface area contributed by atoms with Crippen molar-refractivity contribution in [3.8, 4) is 0 Å². The highest BCUT2D eigenvalue weighted by atomic mass is 16.3. The minimum absolute atomic E-state index is 0.433. The number of nitrogens with two attached hydrogens (primary N) is 1. The van der Waals surface area contributed by atoms with Crippen molar-refractivity contribution in [3.05, 3.63) is 35.9 Å². The number of nitrogens with zero attached hydrogens (tertiary/aromatic N) is 1. The van der Waals surface area contributed by atoms with E-state index in [9.17, 15) is 5.11 Å². The molecule has 88 valence electrons. The van der Waals surface area contributed by atoms with Crippen LogP contribution < -0.4 is 11.1 Å². The summed E-state index contributed by atoms with van der Waals surface area (Å²) in [5.74, 6) is 0.433. The van der Waals surface area contributed by atoms with Crippen LogP contribution in [0.25, 0.3) is 0 Å². The van der Waals surface area contributed by atoms with Crippen molar-refractivity contribution in [2.75, 3.05) is 13.1 Å². The van der Waals surface area contributed by atoms with Gasteiger partial charge in [-0.2, -0.15) is 0 Å². The van der Waals surface area contributed by atoms with Gasteiger partial charge in [0.15, 0.2) is 5.96 Å². The number of guanidine groups is 1. The monoisotopic (exact) mass is 221 g/mol. The molecule has 0 heterocycles. The zero-order valence-electron chi connectivity index (χ0n) is 9.56. The second-order valence-corrected chi connectivity index (χ2v) is 3.51. The number of benzene rings is 1. The molecule has 1 aromatic rings. The van der Waals surface area contributed by atoms with E-state index in [0.717, 1.165) is 12.1 Å². The lowest BCUT2D eigenvalue weighted by Gasteiger charge is -2.09. The third-order valence-corrected chi connectivity index (χ3v) is 2.23. The van der Waals surface area contributed by atoms with Crippen LogP contribution in [0.15, 0.2) is 35.3 Å². The number of rotatable bonds is 5. The molecular formula is C12H19N3O. The largest absolute Gasteiger partial charge is 0.388 e. The Morgan fingerprint density at radius 1 is 1.44 bits per heavy atom. The van der Waals surface area contributed by atoms with Gasteiger partial charge in [0.05, 0.1) is 6.10 Å². The first-order valence-corrected chi connectivity index (χ1v) is 5.50. The van der Waals surface area contributed by atoms with Gasteiger partial charge in [-0.3, -0.25) is 4.99 Å². The summed E-state index contributed by atoms with van der Waals surface area (Å²) in [5, 5.41) is 12.7. The van der Waals surface area contributed by atoms with Gasteiger partial charge in [0.1, 0.15) is 0 Å². The van der Waals surface area contributed by atoms with Crippen molar-refractivity contribution in [3.63, 3.8) is 0 Å². The summed E-state index contributed by atoms with van der Waals surface area (Å²) in [7, 11) is 0. The summed E-state index contributed by atoms with van der Waals surface area (Å²) in [6.45, 7) is 3.24. The SMILES string of the molecule is CCNC(N)=NCCC(O)c1ccccc1. The van der Waals surface area contributed by atoms with Crippen LogP contribution in [-0.4, -0.2) is 24.2 Å².